The standard InChI is InChI=1S/C11H18O3/c1-8(9(2)12)6-7-14-10(13)11(3,4)5/h6H,7H2,1-5H3/b8-6+. The van der Waals surface area contributed by atoms with Gasteiger partial charge < -0.3 is 4.74 Å². The highest BCUT2D eigenvalue weighted by atomic mass is 16.5. The Morgan fingerprint density at radius 2 is 1.71 bits per heavy atom. The Labute approximate surface area is 85.1 Å². The number of esters is 1. The molecule has 0 aromatic carbocycles. The zero-order valence-corrected chi connectivity index (χ0v) is 9.51. The molecular formula is C11H18O3. The first-order valence-corrected chi connectivity index (χ1v) is 4.60. The van der Waals surface area contributed by atoms with Crippen LogP contribution in [-0.4, -0.2) is 18.4 Å². The first kappa shape index (κ1) is 12.9. The van der Waals surface area contributed by atoms with Gasteiger partial charge >= 0.3 is 5.97 Å². The van der Waals surface area contributed by atoms with Crippen molar-refractivity contribution in [2.75, 3.05) is 6.61 Å². The van der Waals surface area contributed by atoms with Gasteiger partial charge in [-0.2, -0.15) is 0 Å². The van der Waals surface area contributed by atoms with E-state index in [1.54, 1.807) is 33.8 Å². The second-order valence-electron chi connectivity index (χ2n) is 4.29. The van der Waals surface area contributed by atoms with Crippen LogP contribution in [0.15, 0.2) is 11.6 Å². The van der Waals surface area contributed by atoms with E-state index < -0.39 is 5.41 Å². The highest BCUT2D eigenvalue weighted by Gasteiger charge is 2.22. The molecule has 3 nitrogen and oxygen atoms in total. The molecule has 14 heavy (non-hydrogen) atoms. The topological polar surface area (TPSA) is 43.4 Å². The maximum atomic E-state index is 11.3. The van der Waals surface area contributed by atoms with Crippen molar-refractivity contribution in [3.8, 4) is 0 Å². The molecule has 0 N–H and O–H groups in total. The van der Waals surface area contributed by atoms with Gasteiger partial charge in [0.15, 0.2) is 5.78 Å². The maximum absolute atomic E-state index is 11.3. The number of ether oxygens (including phenoxy) is 1. The third-order valence-electron chi connectivity index (χ3n) is 1.77. The zero-order chi connectivity index (χ0) is 11.4. The summed E-state index contributed by atoms with van der Waals surface area (Å²) in [7, 11) is 0. The van der Waals surface area contributed by atoms with Crippen molar-refractivity contribution in [3.63, 3.8) is 0 Å². The van der Waals surface area contributed by atoms with E-state index in [1.807, 2.05) is 0 Å². The van der Waals surface area contributed by atoms with Crippen LogP contribution >= 0.6 is 0 Å². The molecule has 3 heteroatoms. The molecular weight excluding hydrogens is 180 g/mol. The van der Waals surface area contributed by atoms with Crippen molar-refractivity contribution < 1.29 is 14.3 Å². The monoisotopic (exact) mass is 198 g/mol. The Morgan fingerprint density at radius 1 is 1.21 bits per heavy atom. The average Bonchev–Trinajstić information content (AvgIpc) is 2.01. The molecule has 0 rings (SSSR count). The van der Waals surface area contributed by atoms with Crippen LogP contribution < -0.4 is 0 Å². The van der Waals surface area contributed by atoms with Crippen LogP contribution in [-0.2, 0) is 14.3 Å². The van der Waals surface area contributed by atoms with E-state index in [0.29, 0.717) is 5.57 Å². The molecule has 80 valence electrons. The molecule has 0 saturated heterocycles. The molecule has 0 aliphatic heterocycles. The minimum Gasteiger partial charge on any atom is -0.461 e. The van der Waals surface area contributed by atoms with Gasteiger partial charge in [0.25, 0.3) is 0 Å². The van der Waals surface area contributed by atoms with Gasteiger partial charge in [-0.1, -0.05) is 0 Å². The van der Waals surface area contributed by atoms with E-state index in [-0.39, 0.29) is 18.4 Å². The summed E-state index contributed by atoms with van der Waals surface area (Å²) >= 11 is 0. The molecule has 0 spiro atoms. The molecule has 0 radical (unpaired) electrons. The first-order valence-electron chi connectivity index (χ1n) is 4.60. The number of carbonyl (C=O) groups is 2. The molecule has 0 saturated carbocycles. The largest absolute Gasteiger partial charge is 0.461 e. The zero-order valence-electron chi connectivity index (χ0n) is 9.51. The molecule has 0 aliphatic carbocycles. The highest BCUT2D eigenvalue weighted by molar-refractivity contribution is 5.92. The fourth-order valence-electron chi connectivity index (χ4n) is 0.603. The van der Waals surface area contributed by atoms with E-state index in [2.05, 4.69) is 0 Å². The van der Waals surface area contributed by atoms with E-state index in [9.17, 15) is 9.59 Å². The third kappa shape index (κ3) is 4.80. The number of allylic oxidation sites excluding steroid dienone is 1. The predicted octanol–water partition coefficient (Wildman–Crippen LogP) is 2.11. The van der Waals surface area contributed by atoms with Gasteiger partial charge in [0, 0.05) is 0 Å². The summed E-state index contributed by atoms with van der Waals surface area (Å²) < 4.78 is 4.96. The smallest absolute Gasteiger partial charge is 0.311 e. The summed E-state index contributed by atoms with van der Waals surface area (Å²) in [6.07, 6.45) is 1.62. The fourth-order valence-corrected chi connectivity index (χ4v) is 0.603. The normalized spacial score (nSPS) is 12.5. The Hall–Kier alpha value is -1.12. The van der Waals surface area contributed by atoms with Crippen LogP contribution in [0.25, 0.3) is 0 Å². The van der Waals surface area contributed by atoms with E-state index in [1.165, 1.54) is 6.92 Å². The Balaban J connectivity index is 4.04. The highest BCUT2D eigenvalue weighted by Crippen LogP contribution is 2.14. The van der Waals surface area contributed by atoms with E-state index in [0.717, 1.165) is 0 Å². The molecule has 0 atom stereocenters. The molecule has 0 aliphatic rings. The lowest BCUT2D eigenvalue weighted by Gasteiger charge is -2.15. The van der Waals surface area contributed by atoms with Gasteiger partial charge in [0.2, 0.25) is 0 Å². The van der Waals surface area contributed by atoms with Crippen LogP contribution in [0.2, 0.25) is 0 Å². The number of Topliss-reactive ketones (excluding diaryl/α,β-unsaturated/α-hetero) is 1. The van der Waals surface area contributed by atoms with Gasteiger partial charge in [-0.05, 0) is 46.3 Å². The summed E-state index contributed by atoms with van der Waals surface area (Å²) in [4.78, 5) is 22.1. The number of hydrogen-bond acceptors (Lipinski definition) is 3. The lowest BCUT2D eigenvalue weighted by atomic mass is 9.97. The quantitative estimate of drug-likeness (QED) is 0.515. The second-order valence-corrected chi connectivity index (χ2v) is 4.29. The summed E-state index contributed by atoms with van der Waals surface area (Å²) in [5.74, 6) is -0.262. The van der Waals surface area contributed by atoms with Crippen LogP contribution in [0, 0.1) is 5.41 Å². The molecule has 0 aromatic heterocycles. The van der Waals surface area contributed by atoms with Crippen LogP contribution in [0.3, 0.4) is 0 Å². The van der Waals surface area contributed by atoms with Crippen molar-refractivity contribution in [2.24, 2.45) is 5.41 Å². The number of carbonyl (C=O) groups excluding carboxylic acids is 2. The Morgan fingerprint density at radius 3 is 2.07 bits per heavy atom. The number of ketones is 1. The molecule has 0 amide bonds. The fraction of sp³-hybridized carbons (Fsp3) is 0.636. The molecule has 0 unspecified atom stereocenters. The summed E-state index contributed by atoms with van der Waals surface area (Å²) in [5.41, 5.74) is 0.129. The summed E-state index contributed by atoms with van der Waals surface area (Å²) in [5, 5.41) is 0. The minimum absolute atomic E-state index is 0.00296. The van der Waals surface area contributed by atoms with Gasteiger partial charge in [-0.15, -0.1) is 0 Å². The minimum atomic E-state index is -0.488. The van der Waals surface area contributed by atoms with Gasteiger partial charge in [-0.25, -0.2) is 0 Å². The van der Waals surface area contributed by atoms with Crippen molar-refractivity contribution >= 4 is 11.8 Å². The lowest BCUT2D eigenvalue weighted by Crippen LogP contribution is -2.23. The van der Waals surface area contributed by atoms with Crippen LogP contribution in [0.1, 0.15) is 34.6 Å². The van der Waals surface area contributed by atoms with E-state index in [4.69, 9.17) is 4.74 Å². The van der Waals surface area contributed by atoms with Crippen molar-refractivity contribution in [1.82, 2.24) is 0 Å². The molecule has 0 heterocycles. The molecule has 0 aromatic rings. The van der Waals surface area contributed by atoms with Gasteiger partial charge in [0.1, 0.15) is 6.61 Å². The first-order chi connectivity index (χ1) is 6.25. The van der Waals surface area contributed by atoms with Crippen LogP contribution in [0.4, 0.5) is 0 Å². The van der Waals surface area contributed by atoms with Gasteiger partial charge in [-0.3, -0.25) is 9.59 Å². The second kappa shape index (κ2) is 4.94. The van der Waals surface area contributed by atoms with Crippen molar-refractivity contribution in [2.45, 2.75) is 34.6 Å². The Kier molecular flexibility index (Phi) is 4.54. The third-order valence-corrected chi connectivity index (χ3v) is 1.77. The summed E-state index contributed by atoms with van der Waals surface area (Å²) in [6.45, 7) is 8.72. The van der Waals surface area contributed by atoms with Gasteiger partial charge in [0.05, 0.1) is 5.41 Å². The lowest BCUT2D eigenvalue weighted by molar-refractivity contribution is -0.151. The van der Waals surface area contributed by atoms with E-state index >= 15 is 0 Å². The molecule has 0 bridgehead atoms. The maximum Gasteiger partial charge on any atom is 0.311 e. The average molecular weight is 198 g/mol. The van der Waals surface area contributed by atoms with Crippen LogP contribution in [0.5, 0.6) is 0 Å². The Bertz CT molecular complexity index is 256. The summed E-state index contributed by atoms with van der Waals surface area (Å²) in [6, 6.07) is 0. The number of hydrogen-bond donors (Lipinski definition) is 0. The van der Waals surface area contributed by atoms with Crippen molar-refractivity contribution in [3.05, 3.63) is 11.6 Å². The number of rotatable bonds is 3. The predicted molar refractivity (Wildman–Crippen MR) is 54.9 cm³/mol. The van der Waals surface area contributed by atoms with Crippen molar-refractivity contribution in [1.29, 1.82) is 0 Å². The SMILES string of the molecule is CC(=O)/C(C)=C/COC(=O)C(C)(C)C. The molecule has 0 fully saturated rings.